The number of carboxylic acid groups (broad SMARTS) is 1. The Labute approximate surface area is 118 Å². The van der Waals surface area contributed by atoms with Gasteiger partial charge in [-0.05, 0) is 18.6 Å². The summed E-state index contributed by atoms with van der Waals surface area (Å²) in [7, 11) is 0. The molecule has 0 saturated carbocycles. The third-order valence-corrected chi connectivity index (χ3v) is 3.97. The maximum atomic E-state index is 13.9. The zero-order chi connectivity index (χ0) is 14.0. The van der Waals surface area contributed by atoms with Gasteiger partial charge >= 0.3 is 5.97 Å². The quantitative estimate of drug-likeness (QED) is 0.918. The van der Waals surface area contributed by atoms with Gasteiger partial charge in [0.05, 0.1) is 10.7 Å². The van der Waals surface area contributed by atoms with E-state index in [-0.39, 0.29) is 15.5 Å². The smallest absolute Gasteiger partial charge is 0.347 e. The van der Waals surface area contributed by atoms with E-state index < -0.39 is 11.8 Å². The molecule has 2 aromatic rings. The summed E-state index contributed by atoms with van der Waals surface area (Å²) < 4.78 is 13.9. The molecular formula is C13H11ClFNO2S. The summed E-state index contributed by atoms with van der Waals surface area (Å²) in [6.45, 7) is 1.94. The Morgan fingerprint density at radius 1 is 1.53 bits per heavy atom. The van der Waals surface area contributed by atoms with Gasteiger partial charge in [0.25, 0.3) is 0 Å². The molecule has 0 radical (unpaired) electrons. The fourth-order valence-corrected chi connectivity index (χ4v) is 2.85. The fourth-order valence-electron chi connectivity index (χ4n) is 1.71. The number of carbonyl (C=O) groups is 1. The number of halogens is 2. The number of benzene rings is 1. The van der Waals surface area contributed by atoms with E-state index in [0.717, 1.165) is 17.8 Å². The van der Waals surface area contributed by atoms with Crippen molar-refractivity contribution >= 4 is 28.9 Å². The molecule has 0 fully saturated rings. The Kier molecular flexibility index (Phi) is 4.17. The first-order chi connectivity index (χ1) is 9.04. The van der Waals surface area contributed by atoms with Crippen LogP contribution >= 0.6 is 22.9 Å². The predicted octanol–water partition coefficient (Wildman–Crippen LogP) is 4.25. The number of hydrogen-bond donors (Lipinski definition) is 1. The lowest BCUT2D eigenvalue weighted by Gasteiger charge is -1.99. The molecule has 2 rings (SSSR count). The van der Waals surface area contributed by atoms with Gasteiger partial charge in [0.1, 0.15) is 9.88 Å². The van der Waals surface area contributed by atoms with E-state index in [9.17, 15) is 9.18 Å². The van der Waals surface area contributed by atoms with E-state index in [1.165, 1.54) is 6.07 Å². The van der Waals surface area contributed by atoms with Crippen molar-refractivity contribution in [3.05, 3.63) is 39.6 Å². The van der Waals surface area contributed by atoms with Crippen LogP contribution in [0.4, 0.5) is 4.39 Å². The third kappa shape index (κ3) is 2.77. The summed E-state index contributed by atoms with van der Waals surface area (Å²) in [5, 5.41) is 9.48. The normalized spacial score (nSPS) is 10.7. The van der Waals surface area contributed by atoms with Gasteiger partial charge in [0, 0.05) is 5.56 Å². The molecule has 0 saturated heterocycles. The summed E-state index contributed by atoms with van der Waals surface area (Å²) in [6, 6.07) is 4.60. The van der Waals surface area contributed by atoms with Gasteiger partial charge in [0.15, 0.2) is 5.82 Å². The second kappa shape index (κ2) is 5.67. The Balaban J connectivity index is 2.54. The van der Waals surface area contributed by atoms with E-state index in [1.807, 2.05) is 6.92 Å². The average molecular weight is 300 g/mol. The second-order valence-corrected chi connectivity index (χ2v) is 5.36. The zero-order valence-electron chi connectivity index (χ0n) is 10.1. The van der Waals surface area contributed by atoms with Crippen LogP contribution in [0.1, 0.15) is 28.7 Å². The fraction of sp³-hybridized carbons (Fsp3) is 0.231. The highest BCUT2D eigenvalue weighted by Gasteiger charge is 2.19. The zero-order valence-corrected chi connectivity index (χ0v) is 11.7. The van der Waals surface area contributed by atoms with Crippen LogP contribution in [0.25, 0.3) is 10.6 Å². The largest absolute Gasteiger partial charge is 0.477 e. The summed E-state index contributed by atoms with van der Waals surface area (Å²) in [5.41, 5.74) is 0.733. The van der Waals surface area contributed by atoms with Crippen molar-refractivity contribution in [3.8, 4) is 10.6 Å². The highest BCUT2D eigenvalue weighted by molar-refractivity contribution is 7.17. The highest BCUT2D eigenvalue weighted by Crippen LogP contribution is 2.32. The summed E-state index contributed by atoms with van der Waals surface area (Å²) in [4.78, 5) is 15.5. The van der Waals surface area contributed by atoms with Gasteiger partial charge in [0.2, 0.25) is 0 Å². The maximum Gasteiger partial charge on any atom is 0.347 e. The Hall–Kier alpha value is -1.46. The minimum absolute atomic E-state index is 0.00150. The molecule has 3 nitrogen and oxygen atoms in total. The minimum atomic E-state index is -1.03. The number of nitrogens with zero attached hydrogens (tertiary/aromatic N) is 1. The summed E-state index contributed by atoms with van der Waals surface area (Å²) in [5.74, 6) is -1.60. The lowest BCUT2D eigenvalue weighted by atomic mass is 10.2. The topological polar surface area (TPSA) is 50.2 Å². The van der Waals surface area contributed by atoms with Crippen LogP contribution < -0.4 is 0 Å². The molecule has 0 aliphatic carbocycles. The first kappa shape index (κ1) is 14.0. The monoisotopic (exact) mass is 299 g/mol. The molecule has 19 heavy (non-hydrogen) atoms. The molecule has 1 aromatic carbocycles. The SMILES string of the molecule is CCCc1nc(-c2cccc(Cl)c2F)sc1C(=O)O. The average Bonchev–Trinajstić information content (AvgIpc) is 2.77. The number of carboxylic acids is 1. The Morgan fingerprint density at radius 3 is 2.89 bits per heavy atom. The van der Waals surface area contributed by atoms with Gasteiger partial charge in [-0.2, -0.15) is 0 Å². The van der Waals surface area contributed by atoms with Crippen molar-refractivity contribution in [1.29, 1.82) is 0 Å². The van der Waals surface area contributed by atoms with Crippen LogP contribution in [0, 0.1) is 5.82 Å². The first-order valence-electron chi connectivity index (χ1n) is 5.72. The van der Waals surface area contributed by atoms with Crippen molar-refractivity contribution < 1.29 is 14.3 Å². The highest BCUT2D eigenvalue weighted by atomic mass is 35.5. The third-order valence-electron chi connectivity index (χ3n) is 2.56. The van der Waals surface area contributed by atoms with Gasteiger partial charge in [-0.3, -0.25) is 0 Å². The number of aromatic nitrogens is 1. The van der Waals surface area contributed by atoms with Crippen LogP contribution in [0.2, 0.25) is 5.02 Å². The van der Waals surface area contributed by atoms with Crippen molar-refractivity contribution in [2.45, 2.75) is 19.8 Å². The first-order valence-corrected chi connectivity index (χ1v) is 6.91. The number of hydrogen-bond acceptors (Lipinski definition) is 3. The van der Waals surface area contributed by atoms with E-state index >= 15 is 0 Å². The number of aryl methyl sites for hydroxylation is 1. The Bertz CT molecular complexity index is 627. The van der Waals surface area contributed by atoms with Crippen LogP contribution in [-0.2, 0) is 6.42 Å². The van der Waals surface area contributed by atoms with E-state index in [2.05, 4.69) is 4.98 Å². The molecule has 0 bridgehead atoms. The molecule has 1 N–H and O–H groups in total. The van der Waals surface area contributed by atoms with Crippen molar-refractivity contribution in [1.82, 2.24) is 4.98 Å². The van der Waals surface area contributed by atoms with Gasteiger partial charge in [-0.1, -0.05) is 31.0 Å². The van der Waals surface area contributed by atoms with Crippen LogP contribution in [-0.4, -0.2) is 16.1 Å². The molecule has 0 aliphatic heterocycles. The van der Waals surface area contributed by atoms with Gasteiger partial charge < -0.3 is 5.11 Å². The van der Waals surface area contributed by atoms with Crippen LogP contribution in [0.5, 0.6) is 0 Å². The minimum Gasteiger partial charge on any atom is -0.477 e. The lowest BCUT2D eigenvalue weighted by molar-refractivity contribution is 0.0700. The molecule has 0 amide bonds. The molecule has 0 atom stereocenters. The number of aromatic carboxylic acids is 1. The second-order valence-electron chi connectivity index (χ2n) is 3.95. The summed E-state index contributed by atoms with van der Waals surface area (Å²) in [6.07, 6.45) is 1.34. The van der Waals surface area contributed by atoms with E-state index in [4.69, 9.17) is 16.7 Å². The van der Waals surface area contributed by atoms with Crippen LogP contribution in [0.15, 0.2) is 18.2 Å². The molecule has 100 valence electrons. The van der Waals surface area contributed by atoms with E-state index in [1.54, 1.807) is 12.1 Å². The molecule has 0 spiro atoms. The van der Waals surface area contributed by atoms with Crippen molar-refractivity contribution in [3.63, 3.8) is 0 Å². The predicted molar refractivity (Wildman–Crippen MR) is 73.5 cm³/mol. The van der Waals surface area contributed by atoms with Crippen molar-refractivity contribution in [2.24, 2.45) is 0 Å². The molecule has 1 aromatic heterocycles. The van der Waals surface area contributed by atoms with Crippen LogP contribution in [0.3, 0.4) is 0 Å². The molecular weight excluding hydrogens is 289 g/mol. The van der Waals surface area contributed by atoms with E-state index in [0.29, 0.717) is 17.1 Å². The Morgan fingerprint density at radius 2 is 2.26 bits per heavy atom. The van der Waals surface area contributed by atoms with Gasteiger partial charge in [-0.25, -0.2) is 14.2 Å². The standard InChI is InChI=1S/C13H11ClFNO2S/c1-2-4-9-11(13(17)18)19-12(16-9)7-5-3-6-8(14)10(7)15/h3,5-6H,2,4H2,1H3,(H,17,18). The maximum absolute atomic E-state index is 13.9. The number of rotatable bonds is 4. The molecule has 0 aliphatic rings. The summed E-state index contributed by atoms with van der Waals surface area (Å²) >= 11 is 6.69. The molecule has 0 unspecified atom stereocenters. The molecule has 6 heteroatoms. The lowest BCUT2D eigenvalue weighted by Crippen LogP contribution is -1.98. The van der Waals surface area contributed by atoms with Crippen molar-refractivity contribution in [2.75, 3.05) is 0 Å². The molecule has 1 heterocycles. The van der Waals surface area contributed by atoms with Gasteiger partial charge in [-0.15, -0.1) is 11.3 Å². The number of thiazole rings is 1.